The smallest absolute Gasteiger partial charge is 0.245 e. The van der Waals surface area contributed by atoms with Gasteiger partial charge in [0, 0.05) is 102 Å². The molecule has 6 aromatic rings. The molecule has 3 unspecified atom stereocenters. The Morgan fingerprint density at radius 1 is 0.776 bits per heavy atom. The van der Waals surface area contributed by atoms with E-state index in [2.05, 4.69) is 25.8 Å². The predicted molar refractivity (Wildman–Crippen MR) is 252 cm³/mol. The fourth-order valence-corrected chi connectivity index (χ4v) is 14.3. The van der Waals surface area contributed by atoms with Gasteiger partial charge in [-0.25, -0.2) is 21.8 Å². The summed E-state index contributed by atoms with van der Waals surface area (Å²) in [7, 11) is -7.71. The second kappa shape index (κ2) is 16.5. The molecule has 6 fully saturated rings. The van der Waals surface area contributed by atoms with Gasteiger partial charge in [-0.15, -0.1) is 0 Å². The van der Waals surface area contributed by atoms with Crippen molar-refractivity contribution in [1.29, 1.82) is 5.26 Å². The number of hydrogen-bond donors (Lipinski definition) is 2. The number of aromatic amines is 2. The Balaban J connectivity index is 0.817. The van der Waals surface area contributed by atoms with Gasteiger partial charge in [-0.2, -0.15) is 13.9 Å². The number of nitriles is 1. The summed E-state index contributed by atoms with van der Waals surface area (Å²) in [5.74, 6) is 0.528. The monoisotopic (exact) mass is 941 g/mol. The number of ether oxygens (including phenoxy) is 2. The first-order chi connectivity index (χ1) is 32.5. The van der Waals surface area contributed by atoms with Crippen LogP contribution in [0.4, 0.5) is 11.5 Å². The van der Waals surface area contributed by atoms with Gasteiger partial charge in [0.15, 0.2) is 0 Å². The van der Waals surface area contributed by atoms with Gasteiger partial charge in [0.05, 0.1) is 53.7 Å². The number of hydrogen-bond acceptors (Lipinski definition) is 11. The van der Waals surface area contributed by atoms with E-state index >= 15 is 0 Å². The summed E-state index contributed by atoms with van der Waals surface area (Å²) in [6.45, 7) is 4.42. The summed E-state index contributed by atoms with van der Waals surface area (Å²) < 4.78 is 71.4. The number of rotatable bonds is 11. The molecule has 0 spiro atoms. The highest BCUT2D eigenvalue weighted by Crippen LogP contribution is 2.47. The second-order valence-electron chi connectivity index (χ2n) is 18.7. The van der Waals surface area contributed by atoms with Crippen LogP contribution in [0.25, 0.3) is 44.3 Å². The SMILES string of the molecule is N#Cc1ccc2cc(-c3cc(S(=O)(=O)N4CCC4)ccc3N3CC[C@H](OC4CC5CCC4N5c4ncc(S(=O)(=O)N5CC[C@H]5C(=O)N5CCOCC5)cc4-c4cc5ccccc5[nH]4)C3)[nH]c2c1. The van der Waals surface area contributed by atoms with Gasteiger partial charge in [-0.1, -0.05) is 24.3 Å². The van der Waals surface area contributed by atoms with Crippen LogP contribution in [-0.4, -0.2) is 141 Å². The Kier molecular flexibility index (Phi) is 10.4. The molecule has 0 radical (unpaired) electrons. The van der Waals surface area contributed by atoms with Crippen LogP contribution in [0, 0.1) is 11.3 Å². The predicted octanol–water partition coefficient (Wildman–Crippen LogP) is 5.67. The van der Waals surface area contributed by atoms with E-state index in [0.29, 0.717) is 69.3 Å². The number of nitrogens with zero attached hydrogens (tertiary/aromatic N) is 7. The summed E-state index contributed by atoms with van der Waals surface area (Å²) in [4.78, 5) is 32.2. The Morgan fingerprint density at radius 3 is 2.31 bits per heavy atom. The van der Waals surface area contributed by atoms with Crippen LogP contribution in [0.15, 0.2) is 94.9 Å². The molecule has 67 heavy (non-hydrogen) atoms. The average molecular weight is 942 g/mol. The first-order valence-corrected chi connectivity index (χ1v) is 26.2. The molecule has 0 saturated carbocycles. The zero-order chi connectivity index (χ0) is 45.6. The highest BCUT2D eigenvalue weighted by Gasteiger charge is 2.50. The number of morpholine rings is 1. The fourth-order valence-electron chi connectivity index (χ4n) is 11.1. The largest absolute Gasteiger partial charge is 0.378 e. The van der Waals surface area contributed by atoms with Crippen molar-refractivity contribution in [2.45, 2.75) is 78.6 Å². The molecule has 6 saturated heterocycles. The van der Waals surface area contributed by atoms with Crippen LogP contribution in [0.3, 0.4) is 0 Å². The van der Waals surface area contributed by atoms with Crippen molar-refractivity contribution in [3.63, 3.8) is 0 Å². The summed E-state index contributed by atoms with van der Waals surface area (Å²) in [5, 5.41) is 11.5. The number of aromatic nitrogens is 3. The maximum atomic E-state index is 14.4. The van der Waals surface area contributed by atoms with E-state index in [4.69, 9.17) is 14.5 Å². The second-order valence-corrected chi connectivity index (χ2v) is 22.5. The maximum absolute atomic E-state index is 14.4. The minimum absolute atomic E-state index is 0.0225. The standard InChI is InChI=1S/C49H51N9O7S2/c50-28-31-6-7-33-24-42(53-41(33)22-31)38-26-36(66(60,61)56-14-3-15-56)9-11-44(38)55-16-12-35(30-55)65-47-25-34-8-10-45(47)58(34)48-39(43-23-32-4-1-2-5-40(32)52-43)27-37(29-51-48)67(62,63)57-17-13-46(57)49(59)54-18-20-64-21-19-54/h1-2,4-7,9,11,22-24,26-27,29,34-35,45-47,52-53H,3,8,10,12-21,25,30H2/t34?,35-,45?,46-,47?/m0/s1. The zero-order valence-electron chi connectivity index (χ0n) is 36.9. The summed E-state index contributed by atoms with van der Waals surface area (Å²) in [6.07, 6.45) is 6.08. The van der Waals surface area contributed by atoms with E-state index < -0.39 is 26.1 Å². The number of anilines is 2. The summed E-state index contributed by atoms with van der Waals surface area (Å²) >= 11 is 0. The molecular formula is C49H51N9O7S2. The van der Waals surface area contributed by atoms with E-state index in [0.717, 1.165) is 83.1 Å². The fraction of sp³-hybridized carbons (Fsp3) is 0.408. The molecule has 6 aliphatic heterocycles. The number of nitrogens with one attached hydrogen (secondary N) is 2. The lowest BCUT2D eigenvalue weighted by Gasteiger charge is -2.41. The molecule has 18 heteroatoms. The quantitative estimate of drug-likeness (QED) is 0.163. The molecule has 2 N–H and O–H groups in total. The van der Waals surface area contributed by atoms with Crippen molar-refractivity contribution >= 4 is 59.3 Å². The normalized spacial score (nSPS) is 24.6. The number of amides is 1. The minimum Gasteiger partial charge on any atom is -0.378 e. The van der Waals surface area contributed by atoms with Crippen molar-refractivity contribution in [2.75, 3.05) is 68.8 Å². The minimum atomic E-state index is -4.06. The molecule has 1 amide bonds. The van der Waals surface area contributed by atoms with Crippen LogP contribution >= 0.6 is 0 Å². The Morgan fingerprint density at radius 2 is 1.55 bits per heavy atom. The number of carbonyl (C=O) groups is 1. The highest BCUT2D eigenvalue weighted by molar-refractivity contribution is 7.89. The zero-order valence-corrected chi connectivity index (χ0v) is 38.5. The molecule has 12 rings (SSSR count). The van der Waals surface area contributed by atoms with E-state index in [9.17, 15) is 26.9 Å². The molecule has 6 aliphatic rings. The van der Waals surface area contributed by atoms with Crippen molar-refractivity contribution < 1.29 is 31.1 Å². The van der Waals surface area contributed by atoms with Crippen LogP contribution in [-0.2, 0) is 34.3 Å². The lowest BCUT2D eigenvalue weighted by atomic mass is 9.97. The van der Waals surface area contributed by atoms with Crippen molar-refractivity contribution in [2.24, 2.45) is 0 Å². The summed E-state index contributed by atoms with van der Waals surface area (Å²) in [6, 6.07) is 26.3. The van der Waals surface area contributed by atoms with Crippen molar-refractivity contribution in [1.82, 2.24) is 28.5 Å². The van der Waals surface area contributed by atoms with E-state index in [1.807, 2.05) is 54.6 Å². The van der Waals surface area contributed by atoms with Crippen LogP contribution < -0.4 is 9.80 Å². The van der Waals surface area contributed by atoms with Gasteiger partial charge in [0.1, 0.15) is 16.8 Å². The topological polar surface area (TPSA) is 188 Å². The van der Waals surface area contributed by atoms with Gasteiger partial charge >= 0.3 is 0 Å². The van der Waals surface area contributed by atoms with Gasteiger partial charge in [-0.05, 0) is 93.1 Å². The van der Waals surface area contributed by atoms with Gasteiger partial charge in [0.2, 0.25) is 26.0 Å². The molecular weight excluding hydrogens is 891 g/mol. The molecule has 346 valence electrons. The Labute approximate surface area is 389 Å². The van der Waals surface area contributed by atoms with E-state index in [1.165, 1.54) is 14.8 Å². The number of benzene rings is 3. The first kappa shape index (κ1) is 42.5. The average Bonchev–Trinajstić information content (AvgIpc) is 4.16. The number of pyridine rings is 1. The molecule has 9 heterocycles. The highest BCUT2D eigenvalue weighted by atomic mass is 32.2. The summed E-state index contributed by atoms with van der Waals surface area (Å²) in [5.41, 5.74) is 6.19. The number of sulfonamides is 2. The molecule has 0 aliphatic carbocycles. The lowest BCUT2D eigenvalue weighted by molar-refractivity contribution is -0.142. The number of carbonyl (C=O) groups excluding carboxylic acids is 1. The molecule has 16 nitrogen and oxygen atoms in total. The Bertz CT molecular complexity index is 3180. The third kappa shape index (κ3) is 7.29. The van der Waals surface area contributed by atoms with Crippen LogP contribution in [0.2, 0.25) is 0 Å². The molecule has 3 aromatic carbocycles. The third-order valence-electron chi connectivity index (χ3n) is 14.9. The first-order valence-electron chi connectivity index (χ1n) is 23.4. The number of para-hydroxylation sites is 1. The Hall–Kier alpha value is -5.81. The third-order valence-corrected chi connectivity index (χ3v) is 18.7. The number of H-pyrrole nitrogens is 2. The van der Waals surface area contributed by atoms with E-state index in [1.54, 1.807) is 29.2 Å². The lowest BCUT2D eigenvalue weighted by Crippen LogP contribution is -2.60. The molecule has 5 atom stereocenters. The van der Waals surface area contributed by atoms with Crippen molar-refractivity contribution in [3.05, 3.63) is 90.6 Å². The van der Waals surface area contributed by atoms with Crippen molar-refractivity contribution in [3.8, 4) is 28.6 Å². The van der Waals surface area contributed by atoms with Gasteiger partial charge < -0.3 is 34.1 Å². The number of fused-ring (bicyclic) bond motifs is 4. The van der Waals surface area contributed by atoms with Crippen LogP contribution in [0.5, 0.6) is 0 Å². The van der Waals surface area contributed by atoms with Gasteiger partial charge in [0.25, 0.3) is 0 Å². The molecule has 3 aromatic heterocycles. The molecule has 2 bridgehead atoms. The maximum Gasteiger partial charge on any atom is 0.245 e. The van der Waals surface area contributed by atoms with Crippen LogP contribution in [0.1, 0.15) is 44.1 Å². The van der Waals surface area contributed by atoms with Gasteiger partial charge in [-0.3, -0.25) is 4.79 Å². The van der Waals surface area contributed by atoms with E-state index in [-0.39, 0.29) is 46.5 Å².